The van der Waals surface area contributed by atoms with Crippen LogP contribution in [0.5, 0.6) is 5.75 Å². The molecule has 1 aromatic carbocycles. The number of nitrogens with zero attached hydrogens (tertiary/aromatic N) is 4. The number of aromatic hydroxyl groups is 1. The van der Waals surface area contributed by atoms with Gasteiger partial charge >= 0.3 is 6.03 Å². The molecule has 136 valence electrons. The molecule has 8 nitrogen and oxygen atoms in total. The van der Waals surface area contributed by atoms with E-state index < -0.39 is 0 Å². The third-order valence-corrected chi connectivity index (χ3v) is 5.57. The van der Waals surface area contributed by atoms with Gasteiger partial charge in [0.15, 0.2) is 0 Å². The number of phenolic OH excluding ortho intramolecular Hbond substituents is 1. The fourth-order valence-electron chi connectivity index (χ4n) is 2.89. The zero-order valence-electron chi connectivity index (χ0n) is 14.1. The summed E-state index contributed by atoms with van der Waals surface area (Å²) >= 11 is 1.43. The summed E-state index contributed by atoms with van der Waals surface area (Å²) in [5, 5.41) is 22.3. The number of amides is 3. The van der Waals surface area contributed by atoms with Crippen LogP contribution in [0.25, 0.3) is 0 Å². The Bertz CT molecular complexity index is 827. The van der Waals surface area contributed by atoms with Crippen molar-refractivity contribution in [2.75, 3.05) is 31.5 Å². The predicted molar refractivity (Wildman–Crippen MR) is 96.5 cm³/mol. The molecule has 2 aliphatic rings. The van der Waals surface area contributed by atoms with Crippen molar-refractivity contribution in [2.45, 2.75) is 18.8 Å². The quantitative estimate of drug-likeness (QED) is 0.859. The maximum atomic E-state index is 12.5. The third-order valence-electron chi connectivity index (χ3n) is 4.57. The van der Waals surface area contributed by atoms with E-state index in [0.717, 1.165) is 17.8 Å². The third kappa shape index (κ3) is 3.48. The van der Waals surface area contributed by atoms with E-state index in [2.05, 4.69) is 15.5 Å². The molecule has 0 unspecified atom stereocenters. The van der Waals surface area contributed by atoms with E-state index in [1.807, 2.05) is 0 Å². The van der Waals surface area contributed by atoms with Crippen LogP contribution in [-0.4, -0.2) is 63.2 Å². The van der Waals surface area contributed by atoms with Gasteiger partial charge in [-0.25, -0.2) is 4.79 Å². The Morgan fingerprint density at radius 2 is 1.77 bits per heavy atom. The summed E-state index contributed by atoms with van der Waals surface area (Å²) in [6, 6.07) is 6.27. The van der Waals surface area contributed by atoms with Crippen LogP contribution < -0.4 is 5.32 Å². The lowest BCUT2D eigenvalue weighted by molar-refractivity contribution is 0.0668. The number of anilines is 1. The molecule has 1 saturated heterocycles. The van der Waals surface area contributed by atoms with Crippen molar-refractivity contribution >= 4 is 28.4 Å². The Hall–Kier alpha value is -2.68. The van der Waals surface area contributed by atoms with Crippen LogP contribution in [0.1, 0.15) is 34.1 Å². The number of benzene rings is 1. The molecule has 1 aliphatic carbocycles. The van der Waals surface area contributed by atoms with E-state index in [0.29, 0.717) is 37.2 Å². The number of piperazine rings is 1. The SMILES string of the molecule is O=C(Nc1nnc(C2CC2)s1)N1CCN(C(=O)c2ccccc2O)CC1. The van der Waals surface area contributed by atoms with Gasteiger partial charge in [0.25, 0.3) is 5.91 Å². The number of phenols is 1. The highest BCUT2D eigenvalue weighted by Gasteiger charge is 2.29. The van der Waals surface area contributed by atoms with Crippen LogP contribution in [0.4, 0.5) is 9.93 Å². The molecule has 26 heavy (non-hydrogen) atoms. The second kappa shape index (κ2) is 6.91. The van der Waals surface area contributed by atoms with Gasteiger partial charge in [0.2, 0.25) is 5.13 Å². The van der Waals surface area contributed by atoms with Crippen LogP contribution in [0.2, 0.25) is 0 Å². The van der Waals surface area contributed by atoms with Gasteiger partial charge in [-0.1, -0.05) is 23.5 Å². The zero-order chi connectivity index (χ0) is 18.1. The Labute approximate surface area is 154 Å². The summed E-state index contributed by atoms with van der Waals surface area (Å²) in [4.78, 5) is 28.2. The Morgan fingerprint density at radius 3 is 2.46 bits per heavy atom. The average molecular weight is 373 g/mol. The maximum Gasteiger partial charge on any atom is 0.323 e. The second-order valence-electron chi connectivity index (χ2n) is 6.45. The van der Waals surface area contributed by atoms with Gasteiger partial charge in [-0.3, -0.25) is 10.1 Å². The van der Waals surface area contributed by atoms with Crippen LogP contribution >= 0.6 is 11.3 Å². The zero-order valence-corrected chi connectivity index (χ0v) is 14.9. The van der Waals surface area contributed by atoms with Gasteiger partial charge in [0, 0.05) is 32.1 Å². The number of nitrogens with one attached hydrogen (secondary N) is 1. The van der Waals surface area contributed by atoms with Crippen molar-refractivity contribution in [1.82, 2.24) is 20.0 Å². The maximum absolute atomic E-state index is 12.5. The Balaban J connectivity index is 1.31. The minimum atomic E-state index is -0.224. The largest absolute Gasteiger partial charge is 0.507 e. The highest BCUT2D eigenvalue weighted by molar-refractivity contribution is 7.15. The van der Waals surface area contributed by atoms with E-state index in [-0.39, 0.29) is 23.3 Å². The minimum Gasteiger partial charge on any atom is -0.507 e. The summed E-state index contributed by atoms with van der Waals surface area (Å²) in [6.45, 7) is 1.70. The molecule has 0 atom stereocenters. The Kier molecular flexibility index (Phi) is 4.46. The van der Waals surface area contributed by atoms with Crippen molar-refractivity contribution in [3.8, 4) is 5.75 Å². The molecule has 1 saturated carbocycles. The first-order chi connectivity index (χ1) is 12.6. The lowest BCUT2D eigenvalue weighted by atomic mass is 10.1. The van der Waals surface area contributed by atoms with Crippen LogP contribution in [0.3, 0.4) is 0 Å². The van der Waals surface area contributed by atoms with Gasteiger partial charge in [0.1, 0.15) is 10.8 Å². The first kappa shape index (κ1) is 16.8. The standard InChI is InChI=1S/C17H19N5O3S/c23-13-4-2-1-3-12(13)15(24)21-7-9-22(10-8-21)17(25)18-16-20-19-14(26-16)11-5-6-11/h1-4,11,23H,5-10H2,(H,18,20,25). The monoisotopic (exact) mass is 373 g/mol. The molecule has 3 amide bonds. The van der Waals surface area contributed by atoms with Crippen molar-refractivity contribution in [1.29, 1.82) is 0 Å². The topological polar surface area (TPSA) is 98.7 Å². The number of carbonyl (C=O) groups is 2. The molecule has 9 heteroatoms. The molecule has 2 heterocycles. The van der Waals surface area contributed by atoms with Crippen molar-refractivity contribution in [2.24, 2.45) is 0 Å². The normalized spacial score (nSPS) is 17.2. The van der Waals surface area contributed by atoms with Gasteiger partial charge in [-0.05, 0) is 25.0 Å². The van der Waals surface area contributed by atoms with Crippen molar-refractivity contribution in [3.05, 3.63) is 34.8 Å². The lowest BCUT2D eigenvalue weighted by Crippen LogP contribution is -2.51. The summed E-state index contributed by atoms with van der Waals surface area (Å²) in [7, 11) is 0. The number of hydrogen-bond donors (Lipinski definition) is 2. The highest BCUT2D eigenvalue weighted by atomic mass is 32.1. The lowest BCUT2D eigenvalue weighted by Gasteiger charge is -2.34. The smallest absolute Gasteiger partial charge is 0.323 e. The fourth-order valence-corrected chi connectivity index (χ4v) is 3.79. The molecular weight excluding hydrogens is 354 g/mol. The molecule has 0 bridgehead atoms. The summed E-state index contributed by atoms with van der Waals surface area (Å²) < 4.78 is 0. The summed E-state index contributed by atoms with van der Waals surface area (Å²) in [5.74, 6) is 0.267. The molecule has 0 spiro atoms. The minimum absolute atomic E-state index is 0.0274. The second-order valence-corrected chi connectivity index (χ2v) is 7.46. The van der Waals surface area contributed by atoms with Crippen LogP contribution in [0, 0.1) is 0 Å². The van der Waals surface area contributed by atoms with Crippen LogP contribution in [-0.2, 0) is 0 Å². The number of hydrogen-bond acceptors (Lipinski definition) is 6. The van der Waals surface area contributed by atoms with E-state index in [1.54, 1.807) is 28.0 Å². The van der Waals surface area contributed by atoms with E-state index in [1.165, 1.54) is 17.4 Å². The fraction of sp³-hybridized carbons (Fsp3) is 0.412. The number of aromatic nitrogens is 2. The predicted octanol–water partition coefficient (Wildman–Crippen LogP) is 2.11. The number of urea groups is 1. The van der Waals surface area contributed by atoms with Gasteiger partial charge in [-0.2, -0.15) is 0 Å². The van der Waals surface area contributed by atoms with Crippen molar-refractivity contribution < 1.29 is 14.7 Å². The number of carbonyl (C=O) groups excluding carboxylic acids is 2. The van der Waals surface area contributed by atoms with Gasteiger partial charge in [-0.15, -0.1) is 10.2 Å². The molecule has 1 aliphatic heterocycles. The molecule has 0 radical (unpaired) electrons. The summed E-state index contributed by atoms with van der Waals surface area (Å²) in [6.07, 6.45) is 2.30. The van der Waals surface area contributed by atoms with E-state index >= 15 is 0 Å². The molecule has 1 aromatic heterocycles. The van der Waals surface area contributed by atoms with Gasteiger partial charge < -0.3 is 14.9 Å². The highest BCUT2D eigenvalue weighted by Crippen LogP contribution is 2.42. The Morgan fingerprint density at radius 1 is 1.08 bits per heavy atom. The molecule has 2 aromatic rings. The number of rotatable bonds is 3. The molecule has 2 fully saturated rings. The molecular formula is C17H19N5O3S. The van der Waals surface area contributed by atoms with E-state index in [4.69, 9.17) is 0 Å². The first-order valence-electron chi connectivity index (χ1n) is 8.58. The van der Waals surface area contributed by atoms with Crippen molar-refractivity contribution in [3.63, 3.8) is 0 Å². The first-order valence-corrected chi connectivity index (χ1v) is 9.40. The molecule has 4 rings (SSSR count). The van der Waals surface area contributed by atoms with E-state index in [9.17, 15) is 14.7 Å². The van der Waals surface area contributed by atoms with Crippen LogP contribution in [0.15, 0.2) is 24.3 Å². The average Bonchev–Trinajstić information content (AvgIpc) is 3.41. The van der Waals surface area contributed by atoms with Gasteiger partial charge in [0.05, 0.1) is 5.56 Å². The molecule has 2 N–H and O–H groups in total. The number of para-hydroxylation sites is 1. The summed E-state index contributed by atoms with van der Waals surface area (Å²) in [5.41, 5.74) is 0.284.